The molecule has 6 N–H and O–H groups in total. The normalized spacial score (nSPS) is 10.6. The third kappa shape index (κ3) is 4.14. The van der Waals surface area contributed by atoms with Crippen molar-refractivity contribution >= 4 is 46.6 Å². The molecule has 2 aromatic carbocycles. The minimum atomic E-state index is 0. The lowest BCUT2D eigenvalue weighted by atomic mass is 10.1. The van der Waals surface area contributed by atoms with Crippen LogP contribution in [0.15, 0.2) is 48.8 Å². The van der Waals surface area contributed by atoms with Crippen LogP contribution >= 0.6 is 24.8 Å². The first-order valence-corrected chi connectivity index (χ1v) is 8.71. The average molecular weight is 423 g/mol. The van der Waals surface area contributed by atoms with Gasteiger partial charge in [0, 0.05) is 35.2 Å². The van der Waals surface area contributed by atoms with E-state index in [9.17, 15) is 10.2 Å². The van der Waals surface area contributed by atoms with Gasteiger partial charge >= 0.3 is 0 Å². The van der Waals surface area contributed by atoms with E-state index < -0.39 is 0 Å². The summed E-state index contributed by atoms with van der Waals surface area (Å²) in [6, 6.07) is 10.7. The lowest BCUT2D eigenvalue weighted by molar-refractivity contribution is 0.475. The van der Waals surface area contributed by atoms with Gasteiger partial charge in [-0.15, -0.1) is 24.8 Å². The Kier molecular flexibility index (Phi) is 7.07. The van der Waals surface area contributed by atoms with Crippen molar-refractivity contribution in [1.29, 1.82) is 0 Å². The number of nitrogens with two attached hydrogens (primary N) is 1. The van der Waals surface area contributed by atoms with E-state index in [2.05, 4.69) is 10.4 Å². The maximum absolute atomic E-state index is 9.77. The number of rotatable bonds is 6. The van der Waals surface area contributed by atoms with Crippen LogP contribution < -0.4 is 11.2 Å². The summed E-state index contributed by atoms with van der Waals surface area (Å²) in [6.45, 7) is 1.29. The molecule has 0 amide bonds. The second-order valence-corrected chi connectivity index (χ2v) is 6.47. The fourth-order valence-electron chi connectivity index (χ4n) is 3.46. The van der Waals surface area contributed by atoms with Crippen LogP contribution in [0.5, 0.6) is 11.5 Å². The monoisotopic (exact) mass is 422 g/mol. The van der Waals surface area contributed by atoms with Gasteiger partial charge in [-0.05, 0) is 66.9 Å². The summed E-state index contributed by atoms with van der Waals surface area (Å²) in [7, 11) is 0. The SMILES string of the molecule is Cl.Cl.NCCc1cn(NCCc2c[nH]c3ccc(O)cc23)c2ccc(O)cc12. The van der Waals surface area contributed by atoms with Crippen molar-refractivity contribution in [1.82, 2.24) is 9.66 Å². The van der Waals surface area contributed by atoms with Crippen molar-refractivity contribution in [2.24, 2.45) is 5.73 Å². The number of H-pyrrole nitrogens is 1. The largest absolute Gasteiger partial charge is 0.508 e. The van der Waals surface area contributed by atoms with Crippen molar-refractivity contribution in [3.05, 3.63) is 59.9 Å². The first kappa shape index (κ1) is 21.8. The fourth-order valence-corrected chi connectivity index (χ4v) is 3.46. The molecule has 28 heavy (non-hydrogen) atoms. The zero-order valence-corrected chi connectivity index (χ0v) is 16.8. The minimum absolute atomic E-state index is 0. The topological polar surface area (TPSA) is 99.2 Å². The van der Waals surface area contributed by atoms with E-state index in [1.165, 1.54) is 0 Å². The number of phenols is 2. The fraction of sp³-hybridized carbons (Fsp3) is 0.200. The second-order valence-electron chi connectivity index (χ2n) is 6.47. The molecule has 0 fully saturated rings. The smallest absolute Gasteiger partial charge is 0.116 e. The summed E-state index contributed by atoms with van der Waals surface area (Å²) in [5, 5.41) is 21.5. The zero-order valence-electron chi connectivity index (χ0n) is 15.2. The number of hydrogen-bond donors (Lipinski definition) is 5. The molecule has 0 aliphatic heterocycles. The number of aromatic nitrogens is 2. The predicted octanol–water partition coefficient (Wildman–Crippen LogP) is 3.66. The molecular formula is C20H24Cl2N4O2. The number of aromatic amines is 1. The first-order valence-electron chi connectivity index (χ1n) is 8.71. The van der Waals surface area contributed by atoms with E-state index in [0.717, 1.165) is 52.3 Å². The Balaban J connectivity index is 0.00000140. The third-order valence-corrected chi connectivity index (χ3v) is 4.71. The minimum Gasteiger partial charge on any atom is -0.508 e. The molecule has 4 aromatic rings. The van der Waals surface area contributed by atoms with Gasteiger partial charge in [0.25, 0.3) is 0 Å². The molecule has 0 aliphatic carbocycles. The summed E-state index contributed by atoms with van der Waals surface area (Å²) >= 11 is 0. The number of phenolic OH excluding ortho intramolecular Hbond substituents is 2. The first-order chi connectivity index (χ1) is 12.7. The molecule has 0 aliphatic rings. The van der Waals surface area contributed by atoms with Crippen LogP contribution in [0.2, 0.25) is 0 Å². The van der Waals surface area contributed by atoms with Crippen LogP contribution in [0.3, 0.4) is 0 Å². The van der Waals surface area contributed by atoms with Crippen molar-refractivity contribution in [2.75, 3.05) is 18.5 Å². The molecule has 150 valence electrons. The Morgan fingerprint density at radius 3 is 2.39 bits per heavy atom. The molecule has 0 bridgehead atoms. The molecule has 0 atom stereocenters. The van der Waals surface area contributed by atoms with Gasteiger partial charge in [-0.2, -0.15) is 0 Å². The standard InChI is InChI=1S/C20H22N4O2.2ClH/c21-7-5-14-12-24(20-4-2-16(26)10-18(14)20)23-8-6-13-11-22-19-3-1-15(25)9-17(13)19;;/h1-4,9-12,22-23,25-26H,5-8,21H2;2*1H. The molecule has 0 unspecified atom stereocenters. The summed E-state index contributed by atoms with van der Waals surface area (Å²) in [5.74, 6) is 0.529. The highest BCUT2D eigenvalue weighted by atomic mass is 35.5. The highest BCUT2D eigenvalue weighted by molar-refractivity contribution is 5.86. The van der Waals surface area contributed by atoms with Crippen LogP contribution in [-0.2, 0) is 12.8 Å². The van der Waals surface area contributed by atoms with Crippen LogP contribution in [0.25, 0.3) is 21.8 Å². The van der Waals surface area contributed by atoms with E-state index in [4.69, 9.17) is 5.73 Å². The van der Waals surface area contributed by atoms with Crippen molar-refractivity contribution in [3.63, 3.8) is 0 Å². The van der Waals surface area contributed by atoms with E-state index in [1.807, 2.05) is 29.2 Å². The zero-order chi connectivity index (χ0) is 18.1. The van der Waals surface area contributed by atoms with Crippen molar-refractivity contribution in [2.45, 2.75) is 12.8 Å². The van der Waals surface area contributed by atoms with Gasteiger partial charge in [0.1, 0.15) is 11.5 Å². The van der Waals surface area contributed by atoms with Gasteiger partial charge in [-0.25, -0.2) is 0 Å². The van der Waals surface area contributed by atoms with Crippen molar-refractivity contribution < 1.29 is 10.2 Å². The Morgan fingerprint density at radius 2 is 1.64 bits per heavy atom. The molecular weight excluding hydrogens is 399 g/mol. The van der Waals surface area contributed by atoms with Crippen LogP contribution in [0.4, 0.5) is 0 Å². The third-order valence-electron chi connectivity index (χ3n) is 4.71. The Hall–Kier alpha value is -2.54. The van der Waals surface area contributed by atoms with E-state index in [1.54, 1.807) is 24.3 Å². The summed E-state index contributed by atoms with van der Waals surface area (Å²) in [6.07, 6.45) is 5.60. The number of fused-ring (bicyclic) bond motifs is 2. The Bertz CT molecular complexity index is 1070. The number of aromatic hydroxyl groups is 2. The van der Waals surface area contributed by atoms with Crippen LogP contribution in [0.1, 0.15) is 11.1 Å². The van der Waals surface area contributed by atoms with E-state index in [0.29, 0.717) is 6.54 Å². The molecule has 0 radical (unpaired) electrons. The highest BCUT2D eigenvalue weighted by Gasteiger charge is 2.09. The van der Waals surface area contributed by atoms with Crippen LogP contribution in [0, 0.1) is 0 Å². The molecule has 0 spiro atoms. The maximum Gasteiger partial charge on any atom is 0.116 e. The number of hydrogen-bond acceptors (Lipinski definition) is 4. The second kappa shape index (κ2) is 9.10. The Labute approximate surface area is 175 Å². The quantitative estimate of drug-likeness (QED) is 0.327. The lowest BCUT2D eigenvalue weighted by Gasteiger charge is -2.09. The molecule has 8 heteroatoms. The van der Waals surface area contributed by atoms with E-state index in [-0.39, 0.29) is 36.3 Å². The summed E-state index contributed by atoms with van der Waals surface area (Å²) in [4.78, 5) is 3.23. The molecule has 2 heterocycles. The molecule has 4 rings (SSSR count). The average Bonchev–Trinajstić information content (AvgIpc) is 3.17. The lowest BCUT2D eigenvalue weighted by Crippen LogP contribution is -2.16. The van der Waals surface area contributed by atoms with Gasteiger partial charge in [0.05, 0.1) is 5.52 Å². The van der Waals surface area contributed by atoms with Crippen molar-refractivity contribution in [3.8, 4) is 11.5 Å². The number of benzene rings is 2. The highest BCUT2D eigenvalue weighted by Crippen LogP contribution is 2.26. The van der Waals surface area contributed by atoms with Gasteiger partial charge in [-0.3, -0.25) is 4.68 Å². The molecule has 2 aromatic heterocycles. The van der Waals surface area contributed by atoms with Crippen LogP contribution in [-0.4, -0.2) is 33.0 Å². The van der Waals surface area contributed by atoms with E-state index >= 15 is 0 Å². The molecule has 6 nitrogen and oxygen atoms in total. The predicted molar refractivity (Wildman–Crippen MR) is 119 cm³/mol. The number of halogens is 2. The molecule has 0 saturated carbocycles. The number of nitrogens with one attached hydrogen (secondary N) is 2. The van der Waals surface area contributed by atoms with Gasteiger partial charge in [0.2, 0.25) is 0 Å². The summed E-state index contributed by atoms with van der Waals surface area (Å²) < 4.78 is 1.99. The Morgan fingerprint density at radius 1 is 0.929 bits per heavy atom. The number of nitrogens with zero attached hydrogens (tertiary/aromatic N) is 1. The van der Waals surface area contributed by atoms with Gasteiger partial charge in [0.15, 0.2) is 0 Å². The van der Waals surface area contributed by atoms with Gasteiger partial charge < -0.3 is 26.4 Å². The molecule has 0 saturated heterocycles. The maximum atomic E-state index is 9.77. The van der Waals surface area contributed by atoms with Gasteiger partial charge in [-0.1, -0.05) is 0 Å². The summed E-state index contributed by atoms with van der Waals surface area (Å²) in [5.41, 5.74) is 13.4.